The molecule has 0 amide bonds. The Morgan fingerprint density at radius 3 is 2.36 bits per heavy atom. The number of benzene rings is 4. The Kier molecular flexibility index (Phi) is 6.42. The zero-order valence-corrected chi connectivity index (χ0v) is 22.6. The molecule has 0 aliphatic carbocycles. The Morgan fingerprint density at radius 1 is 0.923 bits per heavy atom. The molecule has 7 heteroatoms. The van der Waals surface area contributed by atoms with Crippen molar-refractivity contribution in [2.75, 3.05) is 7.11 Å². The van der Waals surface area contributed by atoms with Gasteiger partial charge in [-0.3, -0.25) is 14.9 Å². The third-order valence-electron chi connectivity index (χ3n) is 6.60. The molecule has 0 saturated carbocycles. The highest BCUT2D eigenvalue weighted by atomic mass is 32.1. The van der Waals surface area contributed by atoms with E-state index in [0.29, 0.717) is 17.0 Å². The Hall–Kier alpha value is -4.75. The maximum absolute atomic E-state index is 13.7. The summed E-state index contributed by atoms with van der Waals surface area (Å²) in [5.41, 5.74) is 7.35. The average Bonchev–Trinajstić information content (AvgIpc) is 3.54. The number of H-pyrrole nitrogens is 1. The number of fused-ring (bicyclic) bond motifs is 1. The SMILES string of the molecule is COc1ccc(-c2[nH]n(-c3ccccc3)c(=O)c2C(C)=Nc2ccc(-c3nc4ccc(C)cc4s3)cc2)cc1. The molecule has 192 valence electrons. The minimum absolute atomic E-state index is 0.158. The fraction of sp³-hybridized carbons (Fsp3) is 0.0938. The van der Waals surface area contributed by atoms with E-state index >= 15 is 0 Å². The lowest BCUT2D eigenvalue weighted by atomic mass is 10.0. The second-order valence-electron chi connectivity index (χ2n) is 9.30. The van der Waals surface area contributed by atoms with Crippen molar-refractivity contribution in [1.82, 2.24) is 14.8 Å². The standard InChI is InChI=1S/C32H26N4O2S/c1-20-9-18-27-28(19-20)39-31(34-27)23-10-14-24(15-11-23)33-21(2)29-30(22-12-16-26(38-3)17-13-22)35-36(32(29)37)25-7-5-4-6-8-25/h4-19,35H,1-3H3. The molecule has 2 heterocycles. The van der Waals surface area contributed by atoms with E-state index in [2.05, 4.69) is 30.2 Å². The molecule has 0 radical (unpaired) electrons. The number of ether oxygens (including phenoxy) is 1. The van der Waals surface area contributed by atoms with Crippen LogP contribution in [0.3, 0.4) is 0 Å². The van der Waals surface area contributed by atoms with Crippen molar-refractivity contribution >= 4 is 33.0 Å². The normalized spacial score (nSPS) is 11.7. The van der Waals surface area contributed by atoms with Gasteiger partial charge < -0.3 is 4.74 Å². The van der Waals surface area contributed by atoms with Crippen molar-refractivity contribution in [3.05, 3.63) is 119 Å². The topological polar surface area (TPSA) is 72.3 Å². The van der Waals surface area contributed by atoms with E-state index in [1.165, 1.54) is 10.3 Å². The van der Waals surface area contributed by atoms with Crippen LogP contribution in [-0.4, -0.2) is 27.6 Å². The molecule has 0 saturated heterocycles. The van der Waals surface area contributed by atoms with Gasteiger partial charge in [-0.25, -0.2) is 9.67 Å². The largest absolute Gasteiger partial charge is 0.497 e. The molecule has 6 aromatic rings. The summed E-state index contributed by atoms with van der Waals surface area (Å²) in [6.45, 7) is 3.96. The van der Waals surface area contributed by atoms with Crippen LogP contribution >= 0.6 is 11.3 Å². The van der Waals surface area contributed by atoms with Crippen LogP contribution in [0, 0.1) is 6.92 Å². The summed E-state index contributed by atoms with van der Waals surface area (Å²) < 4.78 is 8.06. The lowest BCUT2D eigenvalue weighted by Crippen LogP contribution is -2.19. The number of aromatic nitrogens is 3. The summed E-state index contributed by atoms with van der Waals surface area (Å²) in [7, 11) is 1.63. The maximum atomic E-state index is 13.7. The molecular weight excluding hydrogens is 504 g/mol. The number of aliphatic imine (C=N–C) groups is 1. The summed E-state index contributed by atoms with van der Waals surface area (Å²) in [4.78, 5) is 23.3. The molecule has 2 aromatic heterocycles. The van der Waals surface area contributed by atoms with Crippen LogP contribution in [0.2, 0.25) is 0 Å². The number of aromatic amines is 1. The Morgan fingerprint density at radius 2 is 1.64 bits per heavy atom. The van der Waals surface area contributed by atoms with E-state index in [0.717, 1.165) is 38.8 Å². The second kappa shape index (κ2) is 10.2. The van der Waals surface area contributed by atoms with Crippen molar-refractivity contribution in [1.29, 1.82) is 0 Å². The third-order valence-corrected chi connectivity index (χ3v) is 7.67. The lowest BCUT2D eigenvalue weighted by Gasteiger charge is -2.05. The summed E-state index contributed by atoms with van der Waals surface area (Å²) in [5, 5.41) is 4.28. The monoisotopic (exact) mass is 530 g/mol. The molecule has 0 bridgehead atoms. The zero-order valence-electron chi connectivity index (χ0n) is 21.8. The number of hydrogen-bond donors (Lipinski definition) is 1. The van der Waals surface area contributed by atoms with E-state index in [1.54, 1.807) is 23.1 Å². The minimum Gasteiger partial charge on any atom is -0.497 e. The third kappa shape index (κ3) is 4.80. The number of aryl methyl sites for hydroxylation is 1. The summed E-state index contributed by atoms with van der Waals surface area (Å²) in [5.74, 6) is 0.749. The van der Waals surface area contributed by atoms with Crippen LogP contribution < -0.4 is 10.3 Å². The van der Waals surface area contributed by atoms with E-state index in [-0.39, 0.29) is 5.56 Å². The number of nitrogens with zero attached hydrogens (tertiary/aromatic N) is 3. The number of methoxy groups -OCH3 is 1. The molecule has 0 aliphatic rings. The van der Waals surface area contributed by atoms with Gasteiger partial charge in [0.05, 0.1) is 45.7 Å². The first-order chi connectivity index (χ1) is 19.0. The molecule has 1 N–H and O–H groups in total. The number of para-hydroxylation sites is 1. The molecule has 0 aliphatic heterocycles. The molecule has 0 atom stereocenters. The van der Waals surface area contributed by atoms with Gasteiger partial charge >= 0.3 is 0 Å². The first kappa shape index (κ1) is 24.6. The molecular formula is C32H26N4O2S. The van der Waals surface area contributed by atoms with E-state index in [1.807, 2.05) is 85.8 Å². The first-order valence-electron chi connectivity index (χ1n) is 12.6. The lowest BCUT2D eigenvalue weighted by molar-refractivity contribution is 0.415. The highest BCUT2D eigenvalue weighted by molar-refractivity contribution is 7.21. The van der Waals surface area contributed by atoms with Gasteiger partial charge in [-0.15, -0.1) is 11.3 Å². The quantitative estimate of drug-likeness (QED) is 0.226. The van der Waals surface area contributed by atoms with Crippen molar-refractivity contribution < 1.29 is 4.74 Å². The van der Waals surface area contributed by atoms with Crippen LogP contribution in [0.25, 0.3) is 37.7 Å². The summed E-state index contributed by atoms with van der Waals surface area (Å²) >= 11 is 1.68. The highest BCUT2D eigenvalue weighted by Gasteiger charge is 2.19. The first-order valence-corrected chi connectivity index (χ1v) is 13.4. The molecule has 39 heavy (non-hydrogen) atoms. The fourth-order valence-corrected chi connectivity index (χ4v) is 5.65. The minimum atomic E-state index is -0.158. The van der Waals surface area contributed by atoms with Crippen LogP contribution in [0.15, 0.2) is 107 Å². The Bertz CT molecular complexity index is 1860. The highest BCUT2D eigenvalue weighted by Crippen LogP contribution is 2.32. The smallest absolute Gasteiger partial charge is 0.280 e. The second-order valence-corrected chi connectivity index (χ2v) is 10.3. The van der Waals surface area contributed by atoms with Crippen molar-refractivity contribution in [3.8, 4) is 33.3 Å². The molecule has 4 aromatic carbocycles. The van der Waals surface area contributed by atoms with Gasteiger partial charge in [-0.2, -0.15) is 0 Å². The Balaban J connectivity index is 1.39. The van der Waals surface area contributed by atoms with E-state index in [4.69, 9.17) is 14.7 Å². The van der Waals surface area contributed by atoms with Gasteiger partial charge in [0.1, 0.15) is 10.8 Å². The van der Waals surface area contributed by atoms with Crippen LogP contribution in [0.4, 0.5) is 5.69 Å². The molecule has 6 rings (SSSR count). The molecule has 0 spiro atoms. The van der Waals surface area contributed by atoms with E-state index < -0.39 is 0 Å². The van der Waals surface area contributed by atoms with Gasteiger partial charge in [0.2, 0.25) is 0 Å². The molecule has 6 nitrogen and oxygen atoms in total. The predicted octanol–water partition coefficient (Wildman–Crippen LogP) is 7.57. The van der Waals surface area contributed by atoms with Crippen molar-refractivity contribution in [3.63, 3.8) is 0 Å². The average molecular weight is 531 g/mol. The van der Waals surface area contributed by atoms with Gasteiger partial charge in [0.25, 0.3) is 5.56 Å². The molecule has 0 fully saturated rings. The summed E-state index contributed by atoms with van der Waals surface area (Å²) in [6.07, 6.45) is 0. The van der Waals surface area contributed by atoms with Gasteiger partial charge in [-0.05, 0) is 92.2 Å². The number of nitrogens with one attached hydrogen (secondary N) is 1. The van der Waals surface area contributed by atoms with E-state index in [9.17, 15) is 4.79 Å². The maximum Gasteiger partial charge on any atom is 0.280 e. The number of hydrogen-bond acceptors (Lipinski definition) is 5. The van der Waals surface area contributed by atoms with Crippen LogP contribution in [0.1, 0.15) is 18.1 Å². The number of rotatable bonds is 6. The van der Waals surface area contributed by atoms with Crippen molar-refractivity contribution in [2.24, 2.45) is 4.99 Å². The zero-order chi connectivity index (χ0) is 26.9. The van der Waals surface area contributed by atoms with Gasteiger partial charge in [-0.1, -0.05) is 24.3 Å². The number of thiazole rings is 1. The van der Waals surface area contributed by atoms with Gasteiger partial charge in [0, 0.05) is 11.1 Å². The molecule has 0 unspecified atom stereocenters. The van der Waals surface area contributed by atoms with Crippen LogP contribution in [-0.2, 0) is 0 Å². The fourth-order valence-electron chi connectivity index (χ4n) is 4.58. The van der Waals surface area contributed by atoms with Crippen molar-refractivity contribution in [2.45, 2.75) is 13.8 Å². The Labute approximate surface area is 229 Å². The van der Waals surface area contributed by atoms with Crippen LogP contribution in [0.5, 0.6) is 5.75 Å². The summed E-state index contributed by atoms with van der Waals surface area (Å²) in [6, 6.07) is 31.5. The van der Waals surface area contributed by atoms with Gasteiger partial charge in [0.15, 0.2) is 0 Å². The predicted molar refractivity (Wildman–Crippen MR) is 160 cm³/mol.